The van der Waals surface area contributed by atoms with Gasteiger partial charge in [0.2, 0.25) is 0 Å². The second kappa shape index (κ2) is 6.81. The molecule has 0 aliphatic heterocycles. The third kappa shape index (κ3) is 3.01. The monoisotopic (exact) mass is 336 g/mol. The quantitative estimate of drug-likeness (QED) is 0.732. The van der Waals surface area contributed by atoms with E-state index in [1.165, 1.54) is 7.11 Å². The van der Waals surface area contributed by atoms with Crippen LogP contribution in [0.25, 0.3) is 10.9 Å². The van der Waals surface area contributed by atoms with Crippen LogP contribution >= 0.6 is 0 Å². The minimum absolute atomic E-state index is 0.197. The number of methoxy groups -OCH3 is 1. The molecule has 0 spiro atoms. The third-order valence-electron chi connectivity index (χ3n) is 4.30. The molecule has 1 aromatic heterocycles. The standard InChI is InChI=1S/C20H20N2O3/c1-4-22-17-11-6-5-10-16(17)13(2)18(22)19(23)21-15-9-7-8-14(12-15)20(24)25-3/h5-12H,4H2,1-3H3,(H,21,23). The molecular formula is C20H20N2O3. The lowest BCUT2D eigenvalue weighted by Crippen LogP contribution is -2.18. The number of nitrogens with zero attached hydrogens (tertiary/aromatic N) is 1. The van der Waals surface area contributed by atoms with Crippen LogP contribution < -0.4 is 5.32 Å². The SMILES string of the molecule is CCn1c(C(=O)Nc2cccc(C(=O)OC)c2)c(C)c2ccccc21. The first-order chi connectivity index (χ1) is 12.1. The number of esters is 1. The Labute approximate surface area is 146 Å². The highest BCUT2D eigenvalue weighted by Crippen LogP contribution is 2.26. The number of carbonyl (C=O) groups excluding carboxylic acids is 2. The van der Waals surface area contributed by atoms with E-state index in [0.717, 1.165) is 16.5 Å². The summed E-state index contributed by atoms with van der Waals surface area (Å²) in [5.74, 6) is -0.632. The number of hydrogen-bond acceptors (Lipinski definition) is 3. The molecule has 128 valence electrons. The minimum atomic E-state index is -0.435. The average molecular weight is 336 g/mol. The first-order valence-electron chi connectivity index (χ1n) is 8.14. The second-order valence-corrected chi connectivity index (χ2v) is 5.76. The molecule has 25 heavy (non-hydrogen) atoms. The average Bonchev–Trinajstić information content (AvgIpc) is 2.93. The smallest absolute Gasteiger partial charge is 0.337 e. The van der Waals surface area contributed by atoms with Gasteiger partial charge in [-0.1, -0.05) is 24.3 Å². The lowest BCUT2D eigenvalue weighted by atomic mass is 10.1. The fraction of sp³-hybridized carbons (Fsp3) is 0.200. The number of aromatic nitrogens is 1. The van der Waals surface area contributed by atoms with Gasteiger partial charge in [-0.05, 0) is 43.7 Å². The van der Waals surface area contributed by atoms with Crippen LogP contribution in [-0.2, 0) is 11.3 Å². The van der Waals surface area contributed by atoms with Crippen molar-refractivity contribution in [2.24, 2.45) is 0 Å². The van der Waals surface area contributed by atoms with E-state index < -0.39 is 5.97 Å². The molecule has 1 N–H and O–H groups in total. The molecule has 3 rings (SSSR count). The predicted molar refractivity (Wildman–Crippen MR) is 98.1 cm³/mol. The second-order valence-electron chi connectivity index (χ2n) is 5.76. The molecule has 0 fully saturated rings. The molecule has 0 unspecified atom stereocenters. The summed E-state index contributed by atoms with van der Waals surface area (Å²) in [4.78, 5) is 24.5. The van der Waals surface area contributed by atoms with Crippen LogP contribution in [0.2, 0.25) is 0 Å². The van der Waals surface area contributed by atoms with Gasteiger partial charge in [-0.3, -0.25) is 4.79 Å². The number of fused-ring (bicyclic) bond motifs is 1. The first-order valence-corrected chi connectivity index (χ1v) is 8.14. The van der Waals surface area contributed by atoms with Gasteiger partial charge in [0.1, 0.15) is 5.69 Å². The number of carbonyl (C=O) groups is 2. The summed E-state index contributed by atoms with van der Waals surface area (Å²) in [7, 11) is 1.33. The Kier molecular flexibility index (Phi) is 4.57. The van der Waals surface area contributed by atoms with Crippen molar-refractivity contribution in [1.29, 1.82) is 0 Å². The molecule has 2 aromatic carbocycles. The maximum absolute atomic E-state index is 12.9. The number of anilines is 1. The van der Waals surface area contributed by atoms with Gasteiger partial charge in [-0.2, -0.15) is 0 Å². The maximum atomic E-state index is 12.9. The van der Waals surface area contributed by atoms with Crippen molar-refractivity contribution >= 4 is 28.5 Å². The fourth-order valence-corrected chi connectivity index (χ4v) is 3.13. The summed E-state index contributed by atoms with van der Waals surface area (Å²) >= 11 is 0. The number of nitrogens with one attached hydrogen (secondary N) is 1. The van der Waals surface area contributed by atoms with Gasteiger partial charge in [-0.25, -0.2) is 4.79 Å². The number of para-hydroxylation sites is 1. The van der Waals surface area contributed by atoms with Gasteiger partial charge in [0, 0.05) is 23.1 Å². The molecule has 0 atom stereocenters. The van der Waals surface area contributed by atoms with Gasteiger partial charge in [0.15, 0.2) is 0 Å². The fourth-order valence-electron chi connectivity index (χ4n) is 3.13. The lowest BCUT2D eigenvalue weighted by molar-refractivity contribution is 0.0600. The van der Waals surface area contributed by atoms with E-state index in [0.29, 0.717) is 23.5 Å². The highest BCUT2D eigenvalue weighted by atomic mass is 16.5. The molecule has 5 heteroatoms. The van der Waals surface area contributed by atoms with Crippen LogP contribution in [0.5, 0.6) is 0 Å². The lowest BCUT2D eigenvalue weighted by Gasteiger charge is -2.10. The van der Waals surface area contributed by atoms with E-state index in [9.17, 15) is 9.59 Å². The summed E-state index contributed by atoms with van der Waals surface area (Å²) in [6.07, 6.45) is 0. The topological polar surface area (TPSA) is 60.3 Å². The highest BCUT2D eigenvalue weighted by molar-refractivity contribution is 6.08. The molecule has 1 amide bonds. The molecule has 0 radical (unpaired) electrons. The molecule has 0 aliphatic rings. The summed E-state index contributed by atoms with van der Waals surface area (Å²) in [6, 6.07) is 14.7. The Hall–Kier alpha value is -3.08. The van der Waals surface area contributed by atoms with Crippen LogP contribution in [0.4, 0.5) is 5.69 Å². The summed E-state index contributed by atoms with van der Waals surface area (Å²) in [6.45, 7) is 4.66. The Morgan fingerprint density at radius 3 is 2.60 bits per heavy atom. The number of amides is 1. The Morgan fingerprint density at radius 1 is 1.12 bits per heavy atom. The molecule has 0 saturated carbocycles. The van der Waals surface area contributed by atoms with Gasteiger partial charge in [-0.15, -0.1) is 0 Å². The van der Waals surface area contributed by atoms with Crippen molar-refractivity contribution in [3.63, 3.8) is 0 Å². The Bertz CT molecular complexity index is 957. The number of aryl methyl sites for hydroxylation is 2. The van der Waals surface area contributed by atoms with E-state index in [1.54, 1.807) is 24.3 Å². The van der Waals surface area contributed by atoms with Gasteiger partial charge in [0.25, 0.3) is 5.91 Å². The minimum Gasteiger partial charge on any atom is -0.465 e. The molecule has 3 aromatic rings. The molecule has 5 nitrogen and oxygen atoms in total. The maximum Gasteiger partial charge on any atom is 0.337 e. The molecule has 0 aliphatic carbocycles. The van der Waals surface area contributed by atoms with E-state index in [2.05, 4.69) is 5.32 Å². The summed E-state index contributed by atoms with van der Waals surface area (Å²) < 4.78 is 6.72. The van der Waals surface area contributed by atoms with E-state index in [1.807, 2.05) is 42.7 Å². The van der Waals surface area contributed by atoms with Gasteiger partial charge in [0.05, 0.1) is 12.7 Å². The third-order valence-corrected chi connectivity index (χ3v) is 4.30. The highest BCUT2D eigenvalue weighted by Gasteiger charge is 2.19. The first kappa shape index (κ1) is 16.8. The number of hydrogen-bond donors (Lipinski definition) is 1. The van der Waals surface area contributed by atoms with E-state index in [-0.39, 0.29) is 5.91 Å². The van der Waals surface area contributed by atoms with E-state index >= 15 is 0 Å². The number of rotatable bonds is 4. The Morgan fingerprint density at radius 2 is 1.88 bits per heavy atom. The number of ether oxygens (including phenoxy) is 1. The van der Waals surface area contributed by atoms with Crippen molar-refractivity contribution in [3.8, 4) is 0 Å². The zero-order valence-electron chi connectivity index (χ0n) is 14.5. The normalized spacial score (nSPS) is 10.7. The van der Waals surface area contributed by atoms with Crippen LogP contribution in [0.1, 0.15) is 33.3 Å². The van der Waals surface area contributed by atoms with E-state index in [4.69, 9.17) is 4.74 Å². The zero-order chi connectivity index (χ0) is 18.0. The molecule has 0 bridgehead atoms. The van der Waals surface area contributed by atoms with Crippen molar-refractivity contribution in [2.75, 3.05) is 12.4 Å². The Balaban J connectivity index is 1.98. The van der Waals surface area contributed by atoms with Gasteiger partial charge >= 0.3 is 5.97 Å². The van der Waals surface area contributed by atoms with Crippen molar-refractivity contribution in [3.05, 3.63) is 65.4 Å². The summed E-state index contributed by atoms with van der Waals surface area (Å²) in [5.41, 5.74) is 3.57. The van der Waals surface area contributed by atoms with Crippen LogP contribution in [-0.4, -0.2) is 23.6 Å². The molecule has 0 saturated heterocycles. The molecule has 1 heterocycles. The van der Waals surface area contributed by atoms with Crippen LogP contribution in [0.3, 0.4) is 0 Å². The number of benzene rings is 2. The van der Waals surface area contributed by atoms with Crippen molar-refractivity contribution < 1.29 is 14.3 Å². The van der Waals surface area contributed by atoms with Crippen LogP contribution in [0, 0.1) is 6.92 Å². The largest absolute Gasteiger partial charge is 0.465 e. The van der Waals surface area contributed by atoms with Crippen LogP contribution in [0.15, 0.2) is 48.5 Å². The predicted octanol–water partition coefficient (Wildman–Crippen LogP) is 4.01. The van der Waals surface area contributed by atoms with Gasteiger partial charge < -0.3 is 14.6 Å². The van der Waals surface area contributed by atoms with Crippen molar-refractivity contribution in [1.82, 2.24) is 4.57 Å². The summed E-state index contributed by atoms with van der Waals surface area (Å²) in [5, 5.41) is 3.95. The zero-order valence-corrected chi connectivity index (χ0v) is 14.5. The van der Waals surface area contributed by atoms with Crippen molar-refractivity contribution in [2.45, 2.75) is 20.4 Å². The molecular weight excluding hydrogens is 316 g/mol.